The molecule has 0 amide bonds. The van der Waals surface area contributed by atoms with Gasteiger partial charge in [-0.1, -0.05) is 18.2 Å². The topological polar surface area (TPSA) is 35.2 Å². The number of para-hydroxylation sites is 1. The van der Waals surface area contributed by atoms with Crippen molar-refractivity contribution in [3.63, 3.8) is 0 Å². The summed E-state index contributed by atoms with van der Waals surface area (Å²) >= 11 is 0. The summed E-state index contributed by atoms with van der Waals surface area (Å²) in [6, 6.07) is 5.98. The van der Waals surface area contributed by atoms with Crippen LogP contribution < -0.4 is 10.5 Å². The zero-order valence-corrected chi connectivity index (χ0v) is 9.13. The van der Waals surface area contributed by atoms with Crippen molar-refractivity contribution in [1.82, 2.24) is 0 Å². The van der Waals surface area contributed by atoms with E-state index in [4.69, 9.17) is 10.5 Å². The Balaban J connectivity index is 2.72. The van der Waals surface area contributed by atoms with Gasteiger partial charge in [0.1, 0.15) is 5.75 Å². The van der Waals surface area contributed by atoms with E-state index >= 15 is 0 Å². The molecule has 1 aromatic rings. The maximum absolute atomic E-state index is 11.9. The smallest absolute Gasteiger partial charge is 0.125 e. The zero-order valence-electron chi connectivity index (χ0n) is 9.13. The van der Waals surface area contributed by atoms with Crippen LogP contribution in [-0.2, 0) is 6.42 Å². The Morgan fingerprint density at radius 1 is 1.40 bits per heavy atom. The second-order valence-corrected chi connectivity index (χ2v) is 3.49. The molecule has 0 radical (unpaired) electrons. The molecule has 0 bridgehead atoms. The third-order valence-electron chi connectivity index (χ3n) is 2.23. The van der Waals surface area contributed by atoms with E-state index in [-0.39, 0.29) is 6.67 Å². The average molecular weight is 211 g/mol. The molecular formula is C12H18FNO. The number of ether oxygens (including phenoxy) is 1. The third-order valence-corrected chi connectivity index (χ3v) is 2.23. The summed E-state index contributed by atoms with van der Waals surface area (Å²) in [6.45, 7) is 2.69. The van der Waals surface area contributed by atoms with Crippen molar-refractivity contribution in [2.45, 2.75) is 19.8 Å². The summed E-state index contributed by atoms with van der Waals surface area (Å²) < 4.78 is 17.5. The summed E-state index contributed by atoms with van der Waals surface area (Å²) in [4.78, 5) is 0. The number of halogens is 1. The van der Waals surface area contributed by atoms with Crippen molar-refractivity contribution in [3.05, 3.63) is 29.3 Å². The van der Waals surface area contributed by atoms with Gasteiger partial charge in [-0.2, -0.15) is 0 Å². The van der Waals surface area contributed by atoms with Gasteiger partial charge in [0.05, 0.1) is 13.3 Å². The maximum Gasteiger partial charge on any atom is 0.125 e. The highest BCUT2D eigenvalue weighted by Gasteiger charge is 2.05. The lowest BCUT2D eigenvalue weighted by atomic mass is 10.1. The van der Waals surface area contributed by atoms with Gasteiger partial charge >= 0.3 is 0 Å². The predicted octanol–water partition coefficient (Wildman–Crippen LogP) is 2.23. The largest absolute Gasteiger partial charge is 0.493 e. The number of rotatable bonds is 6. The minimum Gasteiger partial charge on any atom is -0.493 e. The lowest BCUT2D eigenvalue weighted by Crippen LogP contribution is -2.07. The fraction of sp³-hybridized carbons (Fsp3) is 0.500. The highest BCUT2D eigenvalue weighted by Crippen LogP contribution is 2.23. The van der Waals surface area contributed by atoms with E-state index < -0.39 is 0 Å². The average Bonchev–Trinajstić information content (AvgIpc) is 2.23. The molecule has 3 heteroatoms. The van der Waals surface area contributed by atoms with Gasteiger partial charge in [-0.05, 0) is 31.0 Å². The Bertz CT molecular complexity index is 302. The summed E-state index contributed by atoms with van der Waals surface area (Å²) in [5.74, 6) is 0.872. The number of aryl methyl sites for hydroxylation is 1. The van der Waals surface area contributed by atoms with Crippen molar-refractivity contribution in [2.24, 2.45) is 5.73 Å². The quantitative estimate of drug-likeness (QED) is 0.732. The van der Waals surface area contributed by atoms with Crippen LogP contribution in [0.15, 0.2) is 18.2 Å². The Hall–Kier alpha value is -1.09. The lowest BCUT2D eigenvalue weighted by Gasteiger charge is -2.13. The Morgan fingerprint density at radius 3 is 2.87 bits per heavy atom. The van der Waals surface area contributed by atoms with Crippen molar-refractivity contribution in [2.75, 3.05) is 19.8 Å². The van der Waals surface area contributed by atoms with Crippen LogP contribution in [0.1, 0.15) is 17.5 Å². The fourth-order valence-electron chi connectivity index (χ4n) is 1.50. The van der Waals surface area contributed by atoms with Gasteiger partial charge in [-0.15, -0.1) is 0 Å². The van der Waals surface area contributed by atoms with Gasteiger partial charge in [0.25, 0.3) is 0 Å². The van der Waals surface area contributed by atoms with Crippen LogP contribution in [0.5, 0.6) is 5.75 Å². The molecule has 0 unspecified atom stereocenters. The summed E-state index contributed by atoms with van der Waals surface area (Å²) in [5.41, 5.74) is 7.71. The van der Waals surface area contributed by atoms with E-state index in [2.05, 4.69) is 0 Å². The summed E-state index contributed by atoms with van der Waals surface area (Å²) in [7, 11) is 0. The Labute approximate surface area is 90.2 Å². The van der Waals surface area contributed by atoms with Crippen LogP contribution in [0.3, 0.4) is 0 Å². The maximum atomic E-state index is 11.9. The van der Waals surface area contributed by atoms with Crippen LogP contribution >= 0.6 is 0 Å². The molecule has 1 aromatic carbocycles. The first kappa shape index (κ1) is 12.0. The van der Waals surface area contributed by atoms with Crippen molar-refractivity contribution >= 4 is 0 Å². The van der Waals surface area contributed by atoms with E-state index in [1.165, 1.54) is 0 Å². The minimum absolute atomic E-state index is 0.335. The lowest BCUT2D eigenvalue weighted by molar-refractivity contribution is 0.285. The van der Waals surface area contributed by atoms with Crippen molar-refractivity contribution < 1.29 is 9.13 Å². The number of benzene rings is 1. The fourth-order valence-corrected chi connectivity index (χ4v) is 1.50. The second-order valence-electron chi connectivity index (χ2n) is 3.49. The molecule has 0 spiro atoms. The predicted molar refractivity (Wildman–Crippen MR) is 60.0 cm³/mol. The SMILES string of the molecule is Cc1cccc(CCN)c1OCCCF. The first-order chi connectivity index (χ1) is 7.29. The molecule has 0 heterocycles. The highest BCUT2D eigenvalue weighted by molar-refractivity contribution is 5.40. The summed E-state index contributed by atoms with van der Waals surface area (Å²) in [5, 5.41) is 0. The normalized spacial score (nSPS) is 10.3. The van der Waals surface area contributed by atoms with Crippen molar-refractivity contribution in [1.29, 1.82) is 0 Å². The molecule has 0 aliphatic rings. The monoisotopic (exact) mass is 211 g/mol. The molecule has 2 nitrogen and oxygen atoms in total. The van der Waals surface area contributed by atoms with Crippen molar-refractivity contribution in [3.8, 4) is 5.75 Å². The van der Waals surface area contributed by atoms with Crippen LogP contribution in [0, 0.1) is 6.92 Å². The van der Waals surface area contributed by atoms with Gasteiger partial charge < -0.3 is 10.5 Å². The van der Waals surface area contributed by atoms with E-state index in [1.54, 1.807) is 0 Å². The molecule has 0 saturated carbocycles. The van der Waals surface area contributed by atoms with Crippen LogP contribution in [0.2, 0.25) is 0 Å². The molecule has 15 heavy (non-hydrogen) atoms. The van der Waals surface area contributed by atoms with Gasteiger partial charge in [0, 0.05) is 6.42 Å². The van der Waals surface area contributed by atoms with E-state index in [0.29, 0.717) is 19.6 Å². The molecule has 0 aliphatic heterocycles. The van der Waals surface area contributed by atoms with E-state index in [0.717, 1.165) is 23.3 Å². The number of hydrogen-bond acceptors (Lipinski definition) is 2. The van der Waals surface area contributed by atoms with E-state index in [9.17, 15) is 4.39 Å². The first-order valence-corrected chi connectivity index (χ1v) is 5.27. The molecule has 84 valence electrons. The Morgan fingerprint density at radius 2 is 2.20 bits per heavy atom. The van der Waals surface area contributed by atoms with Gasteiger partial charge in [-0.3, -0.25) is 4.39 Å². The number of alkyl halides is 1. The molecular weight excluding hydrogens is 193 g/mol. The number of hydrogen-bond donors (Lipinski definition) is 1. The highest BCUT2D eigenvalue weighted by atomic mass is 19.1. The molecule has 1 rings (SSSR count). The molecule has 0 aliphatic carbocycles. The van der Waals surface area contributed by atoms with Gasteiger partial charge in [-0.25, -0.2) is 0 Å². The molecule has 0 atom stereocenters. The van der Waals surface area contributed by atoms with E-state index in [1.807, 2.05) is 25.1 Å². The minimum atomic E-state index is -0.335. The first-order valence-electron chi connectivity index (χ1n) is 5.27. The zero-order chi connectivity index (χ0) is 11.1. The third kappa shape index (κ3) is 3.51. The van der Waals surface area contributed by atoms with Gasteiger partial charge in [0.2, 0.25) is 0 Å². The van der Waals surface area contributed by atoms with Crippen LogP contribution in [-0.4, -0.2) is 19.8 Å². The standard InChI is InChI=1S/C12H18FNO/c1-10-4-2-5-11(6-8-14)12(10)15-9-3-7-13/h2,4-5H,3,6-9,14H2,1H3. The molecule has 0 saturated heterocycles. The second kappa shape index (κ2) is 6.40. The van der Waals surface area contributed by atoms with Crippen LogP contribution in [0.4, 0.5) is 4.39 Å². The Kier molecular flexibility index (Phi) is 5.12. The van der Waals surface area contributed by atoms with Crippen LogP contribution in [0.25, 0.3) is 0 Å². The molecule has 2 N–H and O–H groups in total. The molecule has 0 fully saturated rings. The van der Waals surface area contributed by atoms with Gasteiger partial charge in [0.15, 0.2) is 0 Å². The number of nitrogens with two attached hydrogens (primary N) is 1. The molecule has 0 aromatic heterocycles. The summed E-state index contributed by atoms with van der Waals surface area (Å²) in [6.07, 6.45) is 1.24.